The number of benzene rings is 1. The van der Waals surface area contributed by atoms with Crippen LogP contribution in [0.1, 0.15) is 0 Å². The van der Waals surface area contributed by atoms with Crippen LogP contribution < -0.4 is 4.74 Å². The number of aromatic hydroxyl groups is 2. The Morgan fingerprint density at radius 3 is 2.30 bits per heavy atom. The van der Waals surface area contributed by atoms with Crippen LogP contribution in [0.15, 0.2) is 18.2 Å². The average molecular weight is 288 g/mol. The first kappa shape index (κ1) is 14.8. The van der Waals surface area contributed by atoms with Crippen molar-refractivity contribution in [2.24, 2.45) is 0 Å². The lowest BCUT2D eigenvalue weighted by Crippen LogP contribution is -2.60. The predicted molar refractivity (Wildman–Crippen MR) is 64.2 cm³/mol. The topological polar surface area (TPSA) is 140 Å². The molecule has 0 unspecified atom stereocenters. The lowest BCUT2D eigenvalue weighted by atomic mass is 9.99. The minimum absolute atomic E-state index is 0.0737. The SMILES string of the molecule is OC[C@H]1O[C@@H](Oc2ccc(O)c(O)c2)[C@H](O)[C@@H](O)[C@@H]1O. The Morgan fingerprint density at radius 2 is 1.70 bits per heavy atom. The second-order valence-electron chi connectivity index (χ2n) is 4.47. The van der Waals surface area contributed by atoms with E-state index in [0.717, 1.165) is 6.07 Å². The average Bonchev–Trinajstić information content (AvgIpc) is 2.43. The molecule has 20 heavy (non-hydrogen) atoms. The van der Waals surface area contributed by atoms with Gasteiger partial charge in [0.2, 0.25) is 6.29 Å². The fourth-order valence-corrected chi connectivity index (χ4v) is 1.88. The number of hydrogen-bond acceptors (Lipinski definition) is 8. The highest BCUT2D eigenvalue weighted by atomic mass is 16.7. The Kier molecular flexibility index (Phi) is 4.31. The van der Waals surface area contributed by atoms with Gasteiger partial charge < -0.3 is 40.1 Å². The van der Waals surface area contributed by atoms with Crippen molar-refractivity contribution >= 4 is 0 Å². The summed E-state index contributed by atoms with van der Waals surface area (Å²) in [6.45, 7) is -0.564. The van der Waals surface area contributed by atoms with E-state index in [9.17, 15) is 20.4 Å². The summed E-state index contributed by atoms with van der Waals surface area (Å²) in [4.78, 5) is 0. The first-order valence-electron chi connectivity index (χ1n) is 5.93. The molecule has 1 fully saturated rings. The van der Waals surface area contributed by atoms with E-state index in [1.165, 1.54) is 12.1 Å². The number of ether oxygens (including phenoxy) is 2. The van der Waals surface area contributed by atoms with E-state index in [1.807, 2.05) is 0 Å². The minimum Gasteiger partial charge on any atom is -0.504 e. The Morgan fingerprint density at radius 1 is 1.00 bits per heavy atom. The van der Waals surface area contributed by atoms with Gasteiger partial charge >= 0.3 is 0 Å². The van der Waals surface area contributed by atoms with Crippen LogP contribution >= 0.6 is 0 Å². The maximum atomic E-state index is 9.75. The summed E-state index contributed by atoms with van der Waals surface area (Å²) in [6.07, 6.45) is -6.97. The highest BCUT2D eigenvalue weighted by Crippen LogP contribution is 2.31. The van der Waals surface area contributed by atoms with Crippen molar-refractivity contribution in [3.05, 3.63) is 18.2 Å². The van der Waals surface area contributed by atoms with Gasteiger partial charge in [0.1, 0.15) is 30.2 Å². The van der Waals surface area contributed by atoms with Crippen molar-refractivity contribution < 1.29 is 40.1 Å². The van der Waals surface area contributed by atoms with Gasteiger partial charge in [-0.1, -0.05) is 0 Å². The highest BCUT2D eigenvalue weighted by Gasteiger charge is 2.44. The molecule has 1 aromatic rings. The van der Waals surface area contributed by atoms with E-state index >= 15 is 0 Å². The van der Waals surface area contributed by atoms with E-state index in [1.54, 1.807) is 0 Å². The molecule has 6 N–H and O–H groups in total. The van der Waals surface area contributed by atoms with Crippen LogP contribution in [0.3, 0.4) is 0 Å². The Balaban J connectivity index is 2.13. The van der Waals surface area contributed by atoms with Crippen LogP contribution in [0.25, 0.3) is 0 Å². The zero-order valence-electron chi connectivity index (χ0n) is 10.3. The monoisotopic (exact) mass is 288 g/mol. The molecule has 0 aromatic heterocycles. The fourth-order valence-electron chi connectivity index (χ4n) is 1.88. The van der Waals surface area contributed by atoms with Crippen LogP contribution in [-0.2, 0) is 4.74 Å². The van der Waals surface area contributed by atoms with E-state index in [4.69, 9.17) is 19.7 Å². The van der Waals surface area contributed by atoms with Crippen molar-refractivity contribution in [1.29, 1.82) is 0 Å². The molecular formula is C12H16O8. The number of aliphatic hydroxyl groups is 4. The lowest BCUT2D eigenvalue weighted by molar-refractivity contribution is -0.277. The summed E-state index contributed by atoms with van der Waals surface area (Å²) >= 11 is 0. The largest absolute Gasteiger partial charge is 0.504 e. The summed E-state index contributed by atoms with van der Waals surface area (Å²) in [6, 6.07) is 3.59. The number of phenols is 2. The number of rotatable bonds is 3. The van der Waals surface area contributed by atoms with Gasteiger partial charge in [0, 0.05) is 6.07 Å². The normalized spacial score (nSPS) is 33.9. The summed E-state index contributed by atoms with van der Waals surface area (Å²) in [5.41, 5.74) is 0. The van der Waals surface area contributed by atoms with E-state index in [-0.39, 0.29) is 11.5 Å². The zero-order valence-corrected chi connectivity index (χ0v) is 10.3. The molecule has 0 saturated carbocycles. The van der Waals surface area contributed by atoms with E-state index < -0.39 is 43.1 Å². The molecule has 1 aromatic carbocycles. The highest BCUT2D eigenvalue weighted by molar-refractivity contribution is 5.43. The number of aliphatic hydroxyl groups excluding tert-OH is 4. The van der Waals surface area contributed by atoms with Gasteiger partial charge in [-0.2, -0.15) is 0 Å². The molecule has 0 bridgehead atoms. The summed E-state index contributed by atoms with van der Waals surface area (Å²) in [5, 5.41) is 56.5. The number of phenolic OH excluding ortho intramolecular Hbond substituents is 2. The molecule has 1 heterocycles. The zero-order chi connectivity index (χ0) is 14.9. The van der Waals surface area contributed by atoms with Crippen molar-refractivity contribution in [3.8, 4) is 17.2 Å². The summed E-state index contributed by atoms with van der Waals surface area (Å²) in [7, 11) is 0. The fraction of sp³-hybridized carbons (Fsp3) is 0.500. The van der Waals surface area contributed by atoms with Crippen molar-refractivity contribution in [2.75, 3.05) is 6.61 Å². The molecule has 112 valence electrons. The van der Waals surface area contributed by atoms with Gasteiger partial charge in [-0.15, -0.1) is 0 Å². The third-order valence-electron chi connectivity index (χ3n) is 3.05. The van der Waals surface area contributed by atoms with Crippen molar-refractivity contribution in [2.45, 2.75) is 30.7 Å². The standard InChI is InChI=1S/C12H16O8/c13-4-8-9(16)10(17)11(18)12(20-8)19-5-1-2-6(14)7(15)3-5/h1-3,8-18H,4H2/t8-,9-,10+,11-,12-/m1/s1. The second-order valence-corrected chi connectivity index (χ2v) is 4.47. The lowest BCUT2D eigenvalue weighted by Gasteiger charge is -2.39. The maximum absolute atomic E-state index is 9.75. The molecule has 5 atom stereocenters. The van der Waals surface area contributed by atoms with Crippen LogP contribution in [0.5, 0.6) is 17.2 Å². The van der Waals surface area contributed by atoms with Crippen molar-refractivity contribution in [3.63, 3.8) is 0 Å². The van der Waals surface area contributed by atoms with Crippen LogP contribution in [0, 0.1) is 0 Å². The molecule has 0 spiro atoms. The molecule has 1 aliphatic heterocycles. The molecule has 1 saturated heterocycles. The second kappa shape index (κ2) is 5.81. The Labute approximate surface area is 114 Å². The smallest absolute Gasteiger partial charge is 0.229 e. The third-order valence-corrected chi connectivity index (χ3v) is 3.05. The number of hydrogen-bond donors (Lipinski definition) is 6. The maximum Gasteiger partial charge on any atom is 0.229 e. The Hall–Kier alpha value is -1.58. The molecule has 8 heteroatoms. The van der Waals surface area contributed by atoms with Gasteiger partial charge in [0.05, 0.1) is 6.61 Å². The van der Waals surface area contributed by atoms with Gasteiger partial charge in [-0.25, -0.2) is 0 Å². The minimum atomic E-state index is -1.54. The first-order valence-corrected chi connectivity index (χ1v) is 5.93. The molecule has 2 rings (SSSR count). The molecule has 1 aliphatic rings. The van der Waals surface area contributed by atoms with Crippen LogP contribution in [-0.4, -0.2) is 68.0 Å². The van der Waals surface area contributed by atoms with Gasteiger partial charge in [-0.3, -0.25) is 0 Å². The summed E-state index contributed by atoms with van der Waals surface area (Å²) < 4.78 is 10.4. The van der Waals surface area contributed by atoms with Gasteiger partial charge in [0.15, 0.2) is 11.5 Å². The van der Waals surface area contributed by atoms with Crippen molar-refractivity contribution in [1.82, 2.24) is 0 Å². The van der Waals surface area contributed by atoms with E-state index in [2.05, 4.69) is 0 Å². The van der Waals surface area contributed by atoms with Gasteiger partial charge in [0.25, 0.3) is 0 Å². The predicted octanol–water partition coefficient (Wildman–Crippen LogP) is -1.72. The third kappa shape index (κ3) is 2.79. The van der Waals surface area contributed by atoms with Crippen LogP contribution in [0.2, 0.25) is 0 Å². The Bertz CT molecular complexity index is 463. The molecule has 0 amide bonds. The molecule has 8 nitrogen and oxygen atoms in total. The molecular weight excluding hydrogens is 272 g/mol. The van der Waals surface area contributed by atoms with E-state index in [0.29, 0.717) is 0 Å². The molecule has 0 aliphatic carbocycles. The first-order chi connectivity index (χ1) is 9.43. The quantitative estimate of drug-likeness (QED) is 0.361. The molecule has 0 radical (unpaired) electrons. The van der Waals surface area contributed by atoms with Crippen LogP contribution in [0.4, 0.5) is 0 Å². The van der Waals surface area contributed by atoms with Gasteiger partial charge in [-0.05, 0) is 12.1 Å². The summed E-state index contributed by atoms with van der Waals surface area (Å²) in [5.74, 6) is -0.692.